The first-order valence-corrected chi connectivity index (χ1v) is 8.45. The van der Waals surface area contributed by atoms with Gasteiger partial charge in [0.15, 0.2) is 18.1 Å². The fraction of sp³-hybridized carbons (Fsp3) is 0.200. The first-order chi connectivity index (χ1) is 13.1. The highest BCUT2D eigenvalue weighted by Crippen LogP contribution is 2.29. The monoisotopic (exact) mass is 368 g/mol. The van der Waals surface area contributed by atoms with Crippen LogP contribution in [0.1, 0.15) is 15.9 Å². The average molecular weight is 368 g/mol. The molecule has 0 fully saturated rings. The van der Waals surface area contributed by atoms with Crippen molar-refractivity contribution in [1.82, 2.24) is 10.3 Å². The number of benzene rings is 2. The molecule has 140 valence electrons. The van der Waals surface area contributed by atoms with Crippen LogP contribution in [0.25, 0.3) is 10.9 Å². The van der Waals surface area contributed by atoms with E-state index in [2.05, 4.69) is 10.3 Å². The van der Waals surface area contributed by atoms with Gasteiger partial charge in [-0.3, -0.25) is 4.79 Å². The lowest BCUT2D eigenvalue weighted by molar-refractivity contribution is -0.124. The zero-order valence-electron chi connectivity index (χ0n) is 14.8. The number of hydrogen-bond acceptors (Lipinski definition) is 5. The number of esters is 1. The highest BCUT2D eigenvalue weighted by Gasteiger charge is 2.17. The molecule has 27 heavy (non-hydrogen) atoms. The molecule has 0 unspecified atom stereocenters. The predicted octanol–water partition coefficient (Wildman–Crippen LogP) is 2.40. The standard InChI is InChI=1S/C20H20N2O5/c1-26-17-8-4-6-15(19(17)24)20(25)27-12-18(23)21-10-9-13-11-22-16-7-3-2-5-14(13)16/h2-8,11,22,24H,9-10,12H2,1H3,(H,21,23). The number of hydrogen-bond donors (Lipinski definition) is 3. The SMILES string of the molecule is COc1cccc(C(=O)OCC(=O)NCCc2c[nH]c3ccccc23)c1O. The number of rotatable bonds is 7. The van der Waals surface area contributed by atoms with E-state index in [-0.39, 0.29) is 17.1 Å². The Morgan fingerprint density at radius 3 is 2.78 bits per heavy atom. The van der Waals surface area contributed by atoms with Gasteiger partial charge >= 0.3 is 5.97 Å². The van der Waals surface area contributed by atoms with Crippen LogP contribution in [0.2, 0.25) is 0 Å². The summed E-state index contributed by atoms with van der Waals surface area (Å²) in [7, 11) is 1.38. The molecule has 2 aromatic carbocycles. The third kappa shape index (κ3) is 4.20. The minimum absolute atomic E-state index is 0.0547. The summed E-state index contributed by atoms with van der Waals surface area (Å²) in [5.41, 5.74) is 2.09. The number of phenolic OH excluding ortho intramolecular Hbond substituents is 1. The van der Waals surface area contributed by atoms with Crippen LogP contribution < -0.4 is 10.1 Å². The van der Waals surface area contributed by atoms with Crippen molar-refractivity contribution in [3.05, 3.63) is 59.8 Å². The lowest BCUT2D eigenvalue weighted by Crippen LogP contribution is -2.30. The second-order valence-electron chi connectivity index (χ2n) is 5.89. The number of H-pyrrole nitrogens is 1. The summed E-state index contributed by atoms with van der Waals surface area (Å²) in [4.78, 5) is 27.1. The highest BCUT2D eigenvalue weighted by molar-refractivity contribution is 5.94. The average Bonchev–Trinajstić information content (AvgIpc) is 3.09. The van der Waals surface area contributed by atoms with Gasteiger partial charge in [0.05, 0.1) is 7.11 Å². The molecule has 7 nitrogen and oxygen atoms in total. The molecule has 0 radical (unpaired) electrons. The van der Waals surface area contributed by atoms with E-state index in [0.29, 0.717) is 13.0 Å². The smallest absolute Gasteiger partial charge is 0.342 e. The van der Waals surface area contributed by atoms with Crippen LogP contribution in [0.3, 0.4) is 0 Å². The molecule has 0 saturated carbocycles. The molecule has 0 spiro atoms. The Morgan fingerprint density at radius 2 is 1.96 bits per heavy atom. The second-order valence-corrected chi connectivity index (χ2v) is 5.89. The maximum Gasteiger partial charge on any atom is 0.342 e. The van der Waals surface area contributed by atoms with E-state index in [1.165, 1.54) is 19.2 Å². The van der Waals surface area contributed by atoms with E-state index in [1.54, 1.807) is 6.07 Å². The minimum Gasteiger partial charge on any atom is -0.504 e. The lowest BCUT2D eigenvalue weighted by Gasteiger charge is -2.09. The number of amides is 1. The van der Waals surface area contributed by atoms with Gasteiger partial charge in [-0.25, -0.2) is 4.79 Å². The number of phenols is 1. The number of aromatic nitrogens is 1. The van der Waals surface area contributed by atoms with Gasteiger partial charge in [0.2, 0.25) is 0 Å². The highest BCUT2D eigenvalue weighted by atomic mass is 16.5. The van der Waals surface area contributed by atoms with Crippen molar-refractivity contribution in [2.24, 2.45) is 0 Å². The Hall–Kier alpha value is -3.48. The van der Waals surface area contributed by atoms with Gasteiger partial charge in [-0.05, 0) is 30.2 Å². The molecule has 3 N–H and O–H groups in total. The van der Waals surface area contributed by atoms with Crippen LogP contribution in [0.5, 0.6) is 11.5 Å². The molecule has 7 heteroatoms. The van der Waals surface area contributed by atoms with Crippen LogP contribution in [0.4, 0.5) is 0 Å². The number of nitrogens with one attached hydrogen (secondary N) is 2. The summed E-state index contributed by atoms with van der Waals surface area (Å²) in [5.74, 6) is -1.36. The maximum atomic E-state index is 12.0. The Bertz CT molecular complexity index is 964. The zero-order chi connectivity index (χ0) is 19.2. The normalized spacial score (nSPS) is 10.6. The Kier molecular flexibility index (Phi) is 5.61. The largest absolute Gasteiger partial charge is 0.504 e. The molecule has 0 atom stereocenters. The number of aromatic amines is 1. The molecule has 0 bridgehead atoms. The first-order valence-electron chi connectivity index (χ1n) is 8.45. The number of para-hydroxylation sites is 2. The van der Waals surface area contributed by atoms with Gasteiger partial charge in [-0.2, -0.15) is 0 Å². The van der Waals surface area contributed by atoms with Gasteiger partial charge in [0, 0.05) is 23.6 Å². The summed E-state index contributed by atoms with van der Waals surface area (Å²) in [6.45, 7) is -0.00793. The summed E-state index contributed by atoms with van der Waals surface area (Å²) >= 11 is 0. The van der Waals surface area contributed by atoms with Gasteiger partial charge in [0.25, 0.3) is 5.91 Å². The zero-order valence-corrected chi connectivity index (χ0v) is 14.8. The van der Waals surface area contributed by atoms with Crippen LogP contribution in [0, 0.1) is 0 Å². The number of carbonyl (C=O) groups is 2. The third-order valence-corrected chi connectivity index (χ3v) is 4.16. The van der Waals surface area contributed by atoms with Gasteiger partial charge in [0.1, 0.15) is 5.56 Å². The van der Waals surface area contributed by atoms with Crippen molar-refractivity contribution in [2.45, 2.75) is 6.42 Å². The lowest BCUT2D eigenvalue weighted by atomic mass is 10.1. The number of methoxy groups -OCH3 is 1. The molecule has 1 aromatic heterocycles. The molecule has 1 heterocycles. The van der Waals surface area contributed by atoms with E-state index in [0.717, 1.165) is 16.5 Å². The van der Waals surface area contributed by atoms with Crippen molar-refractivity contribution in [2.75, 3.05) is 20.3 Å². The van der Waals surface area contributed by atoms with Crippen LogP contribution >= 0.6 is 0 Å². The van der Waals surface area contributed by atoms with Crippen LogP contribution in [0.15, 0.2) is 48.7 Å². The summed E-state index contributed by atoms with van der Waals surface area (Å²) in [6, 6.07) is 12.4. The number of ether oxygens (including phenoxy) is 2. The third-order valence-electron chi connectivity index (χ3n) is 4.16. The number of carbonyl (C=O) groups excluding carboxylic acids is 2. The topological polar surface area (TPSA) is 101 Å². The molecular formula is C20H20N2O5. The van der Waals surface area contributed by atoms with Crippen molar-refractivity contribution >= 4 is 22.8 Å². The second kappa shape index (κ2) is 8.27. The molecule has 0 saturated heterocycles. The summed E-state index contributed by atoms with van der Waals surface area (Å²) in [6.07, 6.45) is 2.57. The van der Waals surface area contributed by atoms with Gasteiger partial charge < -0.3 is 24.9 Å². The van der Waals surface area contributed by atoms with Gasteiger partial charge in [-0.15, -0.1) is 0 Å². The van der Waals surface area contributed by atoms with E-state index >= 15 is 0 Å². The Balaban J connectivity index is 1.48. The first kappa shape index (κ1) is 18.3. The Morgan fingerprint density at radius 1 is 1.15 bits per heavy atom. The summed E-state index contributed by atoms with van der Waals surface area (Å²) in [5, 5.41) is 13.8. The fourth-order valence-corrected chi connectivity index (χ4v) is 2.79. The van der Waals surface area contributed by atoms with Crippen LogP contribution in [-0.4, -0.2) is 42.2 Å². The van der Waals surface area contributed by atoms with Crippen molar-refractivity contribution in [1.29, 1.82) is 0 Å². The quantitative estimate of drug-likeness (QED) is 0.556. The molecular weight excluding hydrogens is 348 g/mol. The number of fused-ring (bicyclic) bond motifs is 1. The van der Waals surface area contributed by atoms with Crippen molar-refractivity contribution in [3.8, 4) is 11.5 Å². The van der Waals surface area contributed by atoms with Crippen molar-refractivity contribution < 1.29 is 24.2 Å². The molecule has 0 aliphatic rings. The molecule has 0 aliphatic carbocycles. The molecule has 0 aliphatic heterocycles. The van der Waals surface area contributed by atoms with Gasteiger partial charge in [-0.1, -0.05) is 24.3 Å². The number of aromatic hydroxyl groups is 1. The maximum absolute atomic E-state index is 12.0. The van der Waals surface area contributed by atoms with E-state index in [4.69, 9.17) is 9.47 Å². The van der Waals surface area contributed by atoms with Crippen LogP contribution in [-0.2, 0) is 16.0 Å². The predicted molar refractivity (Wildman–Crippen MR) is 100.0 cm³/mol. The molecule has 3 rings (SSSR count). The van der Waals surface area contributed by atoms with E-state index in [9.17, 15) is 14.7 Å². The summed E-state index contributed by atoms with van der Waals surface area (Å²) < 4.78 is 9.90. The minimum atomic E-state index is -0.793. The Labute approximate surface area is 155 Å². The van der Waals surface area contributed by atoms with Crippen molar-refractivity contribution in [3.63, 3.8) is 0 Å². The fourth-order valence-electron chi connectivity index (χ4n) is 2.79. The van der Waals surface area contributed by atoms with E-state index < -0.39 is 18.5 Å². The van der Waals surface area contributed by atoms with E-state index in [1.807, 2.05) is 30.5 Å². The molecule has 3 aromatic rings. The molecule has 1 amide bonds.